The van der Waals surface area contributed by atoms with Crippen LogP contribution in [0.15, 0.2) is 18.2 Å². The predicted octanol–water partition coefficient (Wildman–Crippen LogP) is 2.92. The first-order chi connectivity index (χ1) is 10.1. The van der Waals surface area contributed by atoms with Crippen molar-refractivity contribution in [1.82, 2.24) is 10.6 Å². The number of carbonyl (C=O) groups is 1. The molecule has 1 saturated heterocycles. The highest BCUT2D eigenvalue weighted by Crippen LogP contribution is 2.18. The molecule has 21 heavy (non-hydrogen) atoms. The molecule has 0 saturated carbocycles. The minimum Gasteiger partial charge on any atom is -0.356 e. The number of hydrogen-bond acceptors (Lipinski definition) is 2. The summed E-state index contributed by atoms with van der Waals surface area (Å²) in [4.78, 5) is 11.8. The molecule has 1 aromatic carbocycles. The van der Waals surface area contributed by atoms with Crippen LogP contribution in [-0.4, -0.2) is 25.5 Å². The molecule has 0 spiro atoms. The molecule has 116 valence electrons. The molecule has 1 fully saturated rings. The third-order valence-corrected chi connectivity index (χ3v) is 4.32. The van der Waals surface area contributed by atoms with Crippen LogP contribution in [0.2, 0.25) is 5.02 Å². The Hall–Kier alpha value is -1.13. The molecule has 0 radical (unpaired) electrons. The second-order valence-corrected chi connectivity index (χ2v) is 5.97. The lowest BCUT2D eigenvalue weighted by atomic mass is 9.93. The van der Waals surface area contributed by atoms with Crippen LogP contribution in [0, 0.1) is 11.7 Å². The maximum Gasteiger partial charge on any atom is 0.220 e. The fraction of sp³-hybridized carbons (Fsp3) is 0.562. The highest BCUT2D eigenvalue weighted by molar-refractivity contribution is 6.31. The van der Waals surface area contributed by atoms with E-state index < -0.39 is 0 Å². The average molecular weight is 313 g/mol. The molecule has 0 unspecified atom stereocenters. The Morgan fingerprint density at radius 2 is 2.14 bits per heavy atom. The summed E-state index contributed by atoms with van der Waals surface area (Å²) in [5.74, 6) is 0.421. The van der Waals surface area contributed by atoms with E-state index in [-0.39, 0.29) is 11.7 Å². The molecular formula is C16H22ClFN2O. The van der Waals surface area contributed by atoms with Gasteiger partial charge < -0.3 is 10.6 Å². The molecule has 5 heteroatoms. The van der Waals surface area contributed by atoms with Crippen molar-refractivity contribution < 1.29 is 9.18 Å². The Morgan fingerprint density at radius 3 is 2.86 bits per heavy atom. The second kappa shape index (κ2) is 8.35. The van der Waals surface area contributed by atoms with Gasteiger partial charge in [0.2, 0.25) is 5.91 Å². The summed E-state index contributed by atoms with van der Waals surface area (Å²) in [5.41, 5.74) is 0.858. The minimum absolute atomic E-state index is 0.0896. The molecule has 1 aromatic rings. The van der Waals surface area contributed by atoms with E-state index >= 15 is 0 Å². The van der Waals surface area contributed by atoms with Gasteiger partial charge in [-0.25, -0.2) is 4.39 Å². The lowest BCUT2D eigenvalue weighted by Crippen LogP contribution is -2.30. The number of amides is 1. The molecule has 3 nitrogen and oxygen atoms in total. The van der Waals surface area contributed by atoms with Crippen molar-refractivity contribution in [3.63, 3.8) is 0 Å². The van der Waals surface area contributed by atoms with Gasteiger partial charge in [-0.05, 0) is 62.4 Å². The Labute approximate surface area is 130 Å². The van der Waals surface area contributed by atoms with E-state index in [1.165, 1.54) is 25.0 Å². The molecular weight excluding hydrogens is 291 g/mol. The first-order valence-corrected chi connectivity index (χ1v) is 7.94. The summed E-state index contributed by atoms with van der Waals surface area (Å²) in [6.07, 6.45) is 4.50. The molecule has 2 N–H and O–H groups in total. The van der Waals surface area contributed by atoms with Gasteiger partial charge in [-0.1, -0.05) is 17.7 Å². The summed E-state index contributed by atoms with van der Waals surface area (Å²) in [6, 6.07) is 4.36. The molecule has 1 amide bonds. The fourth-order valence-corrected chi connectivity index (χ4v) is 2.92. The number of halogens is 2. The van der Waals surface area contributed by atoms with Crippen molar-refractivity contribution in [3.05, 3.63) is 34.6 Å². The Balaban J connectivity index is 1.64. The van der Waals surface area contributed by atoms with Gasteiger partial charge in [0.15, 0.2) is 0 Å². The monoisotopic (exact) mass is 312 g/mol. The van der Waals surface area contributed by atoms with Gasteiger partial charge in [0.1, 0.15) is 5.82 Å². The number of hydrogen-bond donors (Lipinski definition) is 2. The second-order valence-electron chi connectivity index (χ2n) is 5.57. The number of nitrogens with one attached hydrogen (secondary N) is 2. The number of piperidine rings is 1. The first-order valence-electron chi connectivity index (χ1n) is 7.56. The number of rotatable bonds is 6. The molecule has 1 aliphatic heterocycles. The van der Waals surface area contributed by atoms with Gasteiger partial charge in [0.25, 0.3) is 0 Å². The molecule has 0 atom stereocenters. The number of benzene rings is 1. The van der Waals surface area contributed by atoms with Gasteiger partial charge >= 0.3 is 0 Å². The van der Waals surface area contributed by atoms with Gasteiger partial charge in [0, 0.05) is 18.0 Å². The SMILES string of the molecule is O=C(CCC1CCNCC1)NCCc1ccc(F)cc1Cl. The third-order valence-electron chi connectivity index (χ3n) is 3.97. The highest BCUT2D eigenvalue weighted by Gasteiger charge is 2.14. The van der Waals surface area contributed by atoms with Crippen LogP contribution in [-0.2, 0) is 11.2 Å². The lowest BCUT2D eigenvalue weighted by molar-refractivity contribution is -0.121. The van der Waals surface area contributed by atoms with E-state index in [0.29, 0.717) is 30.3 Å². The van der Waals surface area contributed by atoms with Gasteiger partial charge in [0.05, 0.1) is 0 Å². The zero-order valence-corrected chi connectivity index (χ0v) is 12.9. The standard InChI is InChI=1S/C16H22ClFN2O/c17-15-11-14(18)3-2-13(15)7-10-20-16(21)4-1-12-5-8-19-9-6-12/h2-3,11-12,19H,1,4-10H2,(H,20,21). The molecule has 0 aliphatic carbocycles. The number of carbonyl (C=O) groups excluding carboxylic acids is 1. The quantitative estimate of drug-likeness (QED) is 0.848. The van der Waals surface area contributed by atoms with Gasteiger partial charge in [-0.2, -0.15) is 0 Å². The Kier molecular flexibility index (Phi) is 6.46. The van der Waals surface area contributed by atoms with Crippen LogP contribution in [0.1, 0.15) is 31.2 Å². The smallest absolute Gasteiger partial charge is 0.220 e. The van der Waals surface area contributed by atoms with Crippen LogP contribution in [0.4, 0.5) is 4.39 Å². The summed E-state index contributed by atoms with van der Waals surface area (Å²) < 4.78 is 12.9. The maximum absolute atomic E-state index is 12.9. The van der Waals surface area contributed by atoms with Crippen LogP contribution >= 0.6 is 11.6 Å². The molecule has 1 heterocycles. The van der Waals surface area contributed by atoms with E-state index in [9.17, 15) is 9.18 Å². The third kappa shape index (κ3) is 5.64. The fourth-order valence-electron chi connectivity index (χ4n) is 2.66. The average Bonchev–Trinajstić information content (AvgIpc) is 2.48. The van der Waals surface area contributed by atoms with Crippen molar-refractivity contribution in [2.45, 2.75) is 32.1 Å². The molecule has 0 aromatic heterocycles. The zero-order chi connectivity index (χ0) is 15.1. The van der Waals surface area contributed by atoms with Crippen molar-refractivity contribution in [2.75, 3.05) is 19.6 Å². The highest BCUT2D eigenvalue weighted by atomic mass is 35.5. The molecule has 0 bridgehead atoms. The topological polar surface area (TPSA) is 41.1 Å². The summed E-state index contributed by atoms with van der Waals surface area (Å²) in [7, 11) is 0. The van der Waals surface area contributed by atoms with Gasteiger partial charge in [-0.3, -0.25) is 4.79 Å². The van der Waals surface area contributed by atoms with Crippen molar-refractivity contribution >= 4 is 17.5 Å². The Bertz CT molecular complexity index is 475. The summed E-state index contributed by atoms with van der Waals surface area (Å²) in [5, 5.41) is 6.65. The minimum atomic E-state index is -0.338. The van der Waals surface area contributed by atoms with Crippen LogP contribution in [0.3, 0.4) is 0 Å². The molecule has 2 rings (SSSR count). The van der Waals surface area contributed by atoms with E-state index in [1.807, 2.05) is 0 Å². The normalized spacial score (nSPS) is 15.9. The van der Waals surface area contributed by atoms with Gasteiger partial charge in [-0.15, -0.1) is 0 Å². The zero-order valence-electron chi connectivity index (χ0n) is 12.1. The summed E-state index contributed by atoms with van der Waals surface area (Å²) >= 11 is 5.95. The van der Waals surface area contributed by atoms with Crippen LogP contribution in [0.25, 0.3) is 0 Å². The molecule has 1 aliphatic rings. The van der Waals surface area contributed by atoms with Crippen molar-refractivity contribution in [1.29, 1.82) is 0 Å². The first kappa shape index (κ1) is 16.2. The maximum atomic E-state index is 12.9. The van der Waals surface area contributed by atoms with E-state index in [4.69, 9.17) is 11.6 Å². The van der Waals surface area contributed by atoms with Crippen LogP contribution in [0.5, 0.6) is 0 Å². The predicted molar refractivity (Wildman–Crippen MR) is 83.0 cm³/mol. The van der Waals surface area contributed by atoms with E-state index in [0.717, 1.165) is 25.1 Å². The van der Waals surface area contributed by atoms with Crippen LogP contribution < -0.4 is 10.6 Å². The summed E-state index contributed by atoms with van der Waals surface area (Å²) in [6.45, 7) is 2.67. The van der Waals surface area contributed by atoms with E-state index in [1.54, 1.807) is 6.07 Å². The Morgan fingerprint density at radius 1 is 1.38 bits per heavy atom. The van der Waals surface area contributed by atoms with Crippen molar-refractivity contribution in [3.8, 4) is 0 Å². The van der Waals surface area contributed by atoms with Crippen molar-refractivity contribution in [2.24, 2.45) is 5.92 Å². The lowest BCUT2D eigenvalue weighted by Gasteiger charge is -2.22. The van der Waals surface area contributed by atoms with E-state index in [2.05, 4.69) is 10.6 Å². The largest absolute Gasteiger partial charge is 0.356 e.